The molecule has 2 aliphatic rings. The molecule has 158 valence electrons. The van der Waals surface area contributed by atoms with Gasteiger partial charge in [-0.25, -0.2) is 9.37 Å². The van der Waals surface area contributed by atoms with Crippen molar-refractivity contribution >= 4 is 17.7 Å². The van der Waals surface area contributed by atoms with Crippen LogP contribution < -0.4 is 10.6 Å². The third kappa shape index (κ3) is 3.55. The van der Waals surface area contributed by atoms with E-state index in [0.29, 0.717) is 6.54 Å². The lowest BCUT2D eigenvalue weighted by atomic mass is 9.94. The van der Waals surface area contributed by atoms with Crippen LogP contribution in [0.4, 0.5) is 4.39 Å². The predicted octanol–water partition coefficient (Wildman–Crippen LogP) is 1.47. The van der Waals surface area contributed by atoms with Gasteiger partial charge in [0, 0.05) is 19.1 Å². The molecule has 1 aromatic heterocycles. The first kappa shape index (κ1) is 20.1. The summed E-state index contributed by atoms with van der Waals surface area (Å²) < 4.78 is 14.7. The quantitative estimate of drug-likeness (QED) is 0.750. The molecule has 30 heavy (non-hydrogen) atoms. The van der Waals surface area contributed by atoms with Gasteiger partial charge in [0.25, 0.3) is 11.8 Å². The van der Waals surface area contributed by atoms with Gasteiger partial charge in [0.15, 0.2) is 5.69 Å². The Morgan fingerprint density at radius 3 is 2.60 bits per heavy atom. The highest BCUT2D eigenvalue weighted by Gasteiger charge is 2.48. The second-order valence-corrected chi connectivity index (χ2v) is 7.95. The van der Waals surface area contributed by atoms with Crippen molar-refractivity contribution in [2.24, 2.45) is 0 Å². The fourth-order valence-corrected chi connectivity index (χ4v) is 3.80. The largest absolute Gasteiger partial charge is 0.350 e. The Hall–Kier alpha value is -3.23. The number of benzene rings is 1. The van der Waals surface area contributed by atoms with Crippen LogP contribution in [0.15, 0.2) is 30.6 Å². The Morgan fingerprint density at radius 1 is 1.27 bits per heavy atom. The second kappa shape index (κ2) is 7.55. The number of carbonyl (C=O) groups is 3. The Labute approximate surface area is 173 Å². The van der Waals surface area contributed by atoms with Gasteiger partial charge in [-0.05, 0) is 44.4 Å². The first-order valence-corrected chi connectivity index (χ1v) is 10.0. The van der Waals surface area contributed by atoms with Gasteiger partial charge in [-0.3, -0.25) is 14.4 Å². The van der Waals surface area contributed by atoms with Crippen molar-refractivity contribution in [2.45, 2.75) is 51.4 Å². The van der Waals surface area contributed by atoms with E-state index in [1.165, 1.54) is 23.4 Å². The highest BCUT2D eigenvalue weighted by molar-refractivity contribution is 6.07. The third-order valence-electron chi connectivity index (χ3n) is 5.66. The minimum absolute atomic E-state index is 0.0964. The van der Waals surface area contributed by atoms with E-state index in [-0.39, 0.29) is 48.2 Å². The number of nitrogens with one attached hydrogen (secondary N) is 2. The number of likely N-dealkylation sites (N-methyl/N-ethyl adjacent to an activating group) is 1. The molecule has 9 heteroatoms. The van der Waals surface area contributed by atoms with E-state index in [9.17, 15) is 18.8 Å². The Balaban J connectivity index is 1.55. The molecule has 0 bridgehead atoms. The molecule has 0 radical (unpaired) electrons. The SMILES string of the molecule is CCN1C(=O)c2c(C(=O)NC3CC3)ncn2C[C@@]1(C)C(=O)NCc1ccc(F)cc1. The molecule has 1 fully saturated rings. The summed E-state index contributed by atoms with van der Waals surface area (Å²) in [6.45, 7) is 4.18. The van der Waals surface area contributed by atoms with Crippen molar-refractivity contribution < 1.29 is 18.8 Å². The molecule has 4 rings (SSSR count). The standard InChI is InChI=1S/C21H24FN5O3/c1-3-27-19(29)17-16(18(28)25-15-8-9-15)24-12-26(17)11-21(27,2)20(30)23-10-13-4-6-14(22)7-5-13/h4-7,12,15H,3,8-11H2,1-2H3,(H,23,30)(H,25,28)/t21-/m0/s1. The Morgan fingerprint density at radius 2 is 1.97 bits per heavy atom. The number of hydrogen-bond acceptors (Lipinski definition) is 4. The fourth-order valence-electron chi connectivity index (χ4n) is 3.80. The van der Waals surface area contributed by atoms with Crippen LogP contribution in [0.25, 0.3) is 0 Å². The van der Waals surface area contributed by atoms with Crippen molar-refractivity contribution in [1.29, 1.82) is 0 Å². The van der Waals surface area contributed by atoms with Crippen LogP contribution in [0.5, 0.6) is 0 Å². The number of imidazole rings is 1. The van der Waals surface area contributed by atoms with Crippen LogP contribution in [-0.4, -0.2) is 50.3 Å². The van der Waals surface area contributed by atoms with E-state index in [4.69, 9.17) is 0 Å². The van der Waals surface area contributed by atoms with Crippen molar-refractivity contribution in [1.82, 2.24) is 25.1 Å². The van der Waals surface area contributed by atoms with E-state index in [1.54, 1.807) is 30.5 Å². The van der Waals surface area contributed by atoms with Crippen molar-refractivity contribution in [2.75, 3.05) is 6.54 Å². The van der Waals surface area contributed by atoms with Crippen LogP contribution in [0.1, 0.15) is 53.2 Å². The van der Waals surface area contributed by atoms with Gasteiger partial charge in [0.05, 0.1) is 12.9 Å². The molecule has 2 N–H and O–H groups in total. The van der Waals surface area contributed by atoms with Gasteiger partial charge in [0.2, 0.25) is 5.91 Å². The molecule has 2 aromatic rings. The maximum atomic E-state index is 13.2. The number of rotatable bonds is 6. The summed E-state index contributed by atoms with van der Waals surface area (Å²) in [5.74, 6) is -1.44. The van der Waals surface area contributed by atoms with Crippen LogP contribution in [0.3, 0.4) is 0 Å². The lowest BCUT2D eigenvalue weighted by Gasteiger charge is -2.43. The molecule has 3 amide bonds. The molecule has 1 atom stereocenters. The van der Waals surface area contributed by atoms with Crippen LogP contribution in [-0.2, 0) is 17.9 Å². The van der Waals surface area contributed by atoms with Gasteiger partial charge in [0.1, 0.15) is 17.1 Å². The molecule has 0 unspecified atom stereocenters. The number of fused-ring (bicyclic) bond motifs is 1. The lowest BCUT2D eigenvalue weighted by molar-refractivity contribution is -0.132. The molecule has 1 aliphatic carbocycles. The molecule has 1 saturated carbocycles. The monoisotopic (exact) mass is 413 g/mol. The second-order valence-electron chi connectivity index (χ2n) is 7.95. The number of amides is 3. The van der Waals surface area contributed by atoms with Crippen LogP contribution in [0.2, 0.25) is 0 Å². The van der Waals surface area contributed by atoms with Crippen LogP contribution >= 0.6 is 0 Å². The average Bonchev–Trinajstić information content (AvgIpc) is 3.43. The van der Waals surface area contributed by atoms with Crippen molar-refractivity contribution in [3.63, 3.8) is 0 Å². The molecular weight excluding hydrogens is 389 g/mol. The molecular formula is C21H24FN5O3. The van der Waals surface area contributed by atoms with E-state index in [2.05, 4.69) is 15.6 Å². The average molecular weight is 413 g/mol. The molecule has 1 aromatic carbocycles. The summed E-state index contributed by atoms with van der Waals surface area (Å²) >= 11 is 0. The summed E-state index contributed by atoms with van der Waals surface area (Å²) in [6, 6.07) is 6.01. The number of halogens is 1. The van der Waals surface area contributed by atoms with Gasteiger partial charge >= 0.3 is 0 Å². The summed E-state index contributed by atoms with van der Waals surface area (Å²) in [7, 11) is 0. The third-order valence-corrected chi connectivity index (χ3v) is 5.66. The summed E-state index contributed by atoms with van der Waals surface area (Å²) in [4.78, 5) is 44.4. The first-order valence-electron chi connectivity index (χ1n) is 10.0. The number of carbonyl (C=O) groups excluding carboxylic acids is 3. The highest BCUT2D eigenvalue weighted by Crippen LogP contribution is 2.29. The maximum absolute atomic E-state index is 13.2. The van der Waals surface area contributed by atoms with Crippen LogP contribution in [0, 0.1) is 5.82 Å². The Bertz CT molecular complexity index is 999. The predicted molar refractivity (Wildman–Crippen MR) is 106 cm³/mol. The lowest BCUT2D eigenvalue weighted by Crippen LogP contribution is -2.63. The fraction of sp³-hybridized carbons (Fsp3) is 0.429. The van der Waals surface area contributed by atoms with Gasteiger partial charge in [-0.1, -0.05) is 12.1 Å². The normalized spacial score (nSPS) is 20.6. The highest BCUT2D eigenvalue weighted by atomic mass is 19.1. The van der Waals surface area contributed by atoms with Gasteiger partial charge < -0.3 is 20.1 Å². The molecule has 2 heterocycles. The number of aromatic nitrogens is 2. The first-order chi connectivity index (χ1) is 14.3. The zero-order chi connectivity index (χ0) is 21.5. The minimum atomic E-state index is -1.15. The minimum Gasteiger partial charge on any atom is -0.350 e. The van der Waals surface area contributed by atoms with E-state index in [1.807, 2.05) is 0 Å². The smallest absolute Gasteiger partial charge is 0.273 e. The molecule has 8 nitrogen and oxygen atoms in total. The number of nitrogens with zero attached hydrogens (tertiary/aromatic N) is 3. The topological polar surface area (TPSA) is 96.3 Å². The Kier molecular flexibility index (Phi) is 5.05. The van der Waals surface area contributed by atoms with Crippen molar-refractivity contribution in [3.05, 3.63) is 53.4 Å². The number of hydrogen-bond donors (Lipinski definition) is 2. The summed E-state index contributed by atoms with van der Waals surface area (Å²) in [6.07, 6.45) is 3.31. The summed E-state index contributed by atoms with van der Waals surface area (Å²) in [5, 5.41) is 5.69. The van der Waals surface area contributed by atoms with Gasteiger partial charge in [-0.2, -0.15) is 0 Å². The molecule has 0 spiro atoms. The van der Waals surface area contributed by atoms with E-state index in [0.717, 1.165) is 18.4 Å². The molecule has 1 aliphatic heterocycles. The zero-order valence-electron chi connectivity index (χ0n) is 16.9. The van der Waals surface area contributed by atoms with Gasteiger partial charge in [-0.15, -0.1) is 0 Å². The van der Waals surface area contributed by atoms with E-state index >= 15 is 0 Å². The molecule has 0 saturated heterocycles. The van der Waals surface area contributed by atoms with Crippen molar-refractivity contribution in [3.8, 4) is 0 Å². The zero-order valence-corrected chi connectivity index (χ0v) is 16.9. The summed E-state index contributed by atoms with van der Waals surface area (Å²) in [5.41, 5.74) is -0.0945. The van der Waals surface area contributed by atoms with E-state index < -0.39 is 11.4 Å². The maximum Gasteiger partial charge on any atom is 0.273 e.